The summed E-state index contributed by atoms with van der Waals surface area (Å²) in [5.41, 5.74) is 6.12. The van der Waals surface area contributed by atoms with Crippen molar-refractivity contribution in [1.82, 2.24) is 4.98 Å². The lowest BCUT2D eigenvalue weighted by Crippen LogP contribution is -1.92. The molecule has 0 aliphatic rings. The molecule has 1 nitrogen and oxygen atoms in total. The molecule has 0 radical (unpaired) electrons. The maximum absolute atomic E-state index is 4.90. The van der Waals surface area contributed by atoms with Gasteiger partial charge in [0.2, 0.25) is 0 Å². The van der Waals surface area contributed by atoms with Crippen molar-refractivity contribution in [2.24, 2.45) is 0 Å². The van der Waals surface area contributed by atoms with Crippen LogP contribution in [0, 0.1) is 0 Å². The SMILES string of the molecule is CCCCCc1ccc2nc3ccccc3c(-c3ccccc3)c2c1. The number of benzene rings is 3. The van der Waals surface area contributed by atoms with Gasteiger partial charge >= 0.3 is 0 Å². The Hall–Kier alpha value is -2.67. The first-order valence-electron chi connectivity index (χ1n) is 9.23. The first kappa shape index (κ1) is 15.8. The van der Waals surface area contributed by atoms with Gasteiger partial charge in [-0.2, -0.15) is 0 Å². The van der Waals surface area contributed by atoms with E-state index in [-0.39, 0.29) is 0 Å². The summed E-state index contributed by atoms with van der Waals surface area (Å²) in [4.78, 5) is 4.90. The van der Waals surface area contributed by atoms with Gasteiger partial charge in [0.25, 0.3) is 0 Å². The average Bonchev–Trinajstić information content (AvgIpc) is 2.67. The molecule has 0 saturated heterocycles. The Morgan fingerprint density at radius 1 is 0.720 bits per heavy atom. The minimum atomic E-state index is 1.06. The van der Waals surface area contributed by atoms with E-state index in [2.05, 4.69) is 79.7 Å². The number of aromatic nitrogens is 1. The van der Waals surface area contributed by atoms with Crippen LogP contribution in [0.15, 0.2) is 72.8 Å². The minimum absolute atomic E-state index is 1.06. The summed E-state index contributed by atoms with van der Waals surface area (Å²) in [6.45, 7) is 2.25. The van der Waals surface area contributed by atoms with Gasteiger partial charge in [-0.1, -0.05) is 74.4 Å². The molecule has 0 amide bonds. The van der Waals surface area contributed by atoms with Gasteiger partial charge in [0, 0.05) is 16.3 Å². The summed E-state index contributed by atoms with van der Waals surface area (Å²) < 4.78 is 0. The van der Waals surface area contributed by atoms with Crippen molar-refractivity contribution in [3.05, 3.63) is 78.4 Å². The summed E-state index contributed by atoms with van der Waals surface area (Å²) in [5.74, 6) is 0. The third-order valence-corrected chi connectivity index (χ3v) is 4.88. The third-order valence-electron chi connectivity index (χ3n) is 4.88. The van der Waals surface area contributed by atoms with Gasteiger partial charge in [-0.25, -0.2) is 4.98 Å². The molecular weight excluding hydrogens is 302 g/mol. The zero-order chi connectivity index (χ0) is 17.1. The molecule has 0 N–H and O–H groups in total. The van der Waals surface area contributed by atoms with Crippen molar-refractivity contribution in [2.75, 3.05) is 0 Å². The molecule has 1 heterocycles. The van der Waals surface area contributed by atoms with Gasteiger partial charge in [-0.15, -0.1) is 0 Å². The molecule has 0 saturated carbocycles. The number of unbranched alkanes of at least 4 members (excludes halogenated alkanes) is 2. The Kier molecular flexibility index (Phi) is 4.47. The molecule has 0 unspecified atom stereocenters. The molecule has 0 fully saturated rings. The molecule has 0 spiro atoms. The lowest BCUT2D eigenvalue weighted by molar-refractivity contribution is 0.718. The van der Waals surface area contributed by atoms with E-state index >= 15 is 0 Å². The minimum Gasteiger partial charge on any atom is -0.248 e. The molecule has 4 rings (SSSR count). The van der Waals surface area contributed by atoms with Crippen LogP contribution in [0.2, 0.25) is 0 Å². The molecule has 0 aliphatic carbocycles. The van der Waals surface area contributed by atoms with Crippen molar-refractivity contribution in [2.45, 2.75) is 32.6 Å². The summed E-state index contributed by atoms with van der Waals surface area (Å²) in [5, 5.41) is 2.49. The van der Waals surface area contributed by atoms with Crippen LogP contribution in [0.1, 0.15) is 31.7 Å². The van der Waals surface area contributed by atoms with E-state index in [0.717, 1.165) is 17.5 Å². The van der Waals surface area contributed by atoms with Crippen LogP contribution in [0.3, 0.4) is 0 Å². The first-order valence-corrected chi connectivity index (χ1v) is 9.23. The zero-order valence-electron chi connectivity index (χ0n) is 14.7. The van der Waals surface area contributed by atoms with Gasteiger partial charge < -0.3 is 0 Å². The highest BCUT2D eigenvalue weighted by Gasteiger charge is 2.11. The second-order valence-corrected chi connectivity index (χ2v) is 6.68. The molecule has 0 atom stereocenters. The number of hydrogen-bond acceptors (Lipinski definition) is 1. The molecule has 4 aromatic rings. The third kappa shape index (κ3) is 3.15. The van der Waals surface area contributed by atoms with Crippen LogP contribution in [0.5, 0.6) is 0 Å². The smallest absolute Gasteiger partial charge is 0.0716 e. The number of para-hydroxylation sites is 1. The van der Waals surface area contributed by atoms with Crippen LogP contribution in [-0.4, -0.2) is 4.98 Å². The second-order valence-electron chi connectivity index (χ2n) is 6.68. The van der Waals surface area contributed by atoms with E-state index in [1.54, 1.807) is 0 Å². The summed E-state index contributed by atoms with van der Waals surface area (Å²) >= 11 is 0. The van der Waals surface area contributed by atoms with Crippen molar-refractivity contribution in [3.8, 4) is 11.1 Å². The van der Waals surface area contributed by atoms with Crippen LogP contribution in [0.4, 0.5) is 0 Å². The van der Waals surface area contributed by atoms with Gasteiger partial charge in [0.05, 0.1) is 11.0 Å². The molecule has 25 heavy (non-hydrogen) atoms. The van der Waals surface area contributed by atoms with E-state index in [1.165, 1.54) is 46.7 Å². The largest absolute Gasteiger partial charge is 0.248 e. The van der Waals surface area contributed by atoms with Crippen molar-refractivity contribution >= 4 is 21.8 Å². The lowest BCUT2D eigenvalue weighted by atomic mass is 9.94. The fourth-order valence-corrected chi connectivity index (χ4v) is 3.59. The van der Waals surface area contributed by atoms with Gasteiger partial charge in [0.1, 0.15) is 0 Å². The number of hydrogen-bond donors (Lipinski definition) is 0. The average molecular weight is 325 g/mol. The van der Waals surface area contributed by atoms with E-state index < -0.39 is 0 Å². The topological polar surface area (TPSA) is 12.9 Å². The second kappa shape index (κ2) is 7.06. The Morgan fingerprint density at radius 2 is 1.48 bits per heavy atom. The number of nitrogens with zero attached hydrogens (tertiary/aromatic N) is 1. The van der Waals surface area contributed by atoms with E-state index in [1.807, 2.05) is 0 Å². The fourth-order valence-electron chi connectivity index (χ4n) is 3.59. The van der Waals surface area contributed by atoms with Crippen molar-refractivity contribution in [3.63, 3.8) is 0 Å². The monoisotopic (exact) mass is 325 g/mol. The maximum Gasteiger partial charge on any atom is 0.0716 e. The molecule has 0 aliphatic heterocycles. The van der Waals surface area contributed by atoms with E-state index in [9.17, 15) is 0 Å². The highest BCUT2D eigenvalue weighted by Crippen LogP contribution is 2.35. The van der Waals surface area contributed by atoms with Gasteiger partial charge in [-0.05, 0) is 42.2 Å². The standard InChI is InChI=1S/C24H23N/c1-2-3-5-10-18-15-16-23-21(17-18)24(19-11-6-4-7-12-19)20-13-8-9-14-22(20)25-23/h4,6-9,11-17H,2-3,5,10H2,1H3. The molecule has 124 valence electrons. The maximum atomic E-state index is 4.90. The van der Waals surface area contributed by atoms with Crippen LogP contribution >= 0.6 is 0 Å². The van der Waals surface area contributed by atoms with Crippen molar-refractivity contribution < 1.29 is 0 Å². The van der Waals surface area contributed by atoms with Crippen LogP contribution in [-0.2, 0) is 6.42 Å². The first-order chi connectivity index (χ1) is 12.4. The predicted octanol–water partition coefficient (Wildman–Crippen LogP) is 6.79. The van der Waals surface area contributed by atoms with Crippen LogP contribution < -0.4 is 0 Å². The zero-order valence-corrected chi connectivity index (χ0v) is 14.7. The fraction of sp³-hybridized carbons (Fsp3) is 0.208. The normalized spacial score (nSPS) is 11.2. The number of fused-ring (bicyclic) bond motifs is 2. The van der Waals surface area contributed by atoms with Gasteiger partial charge in [-0.3, -0.25) is 0 Å². The molecule has 0 bridgehead atoms. The summed E-state index contributed by atoms with van der Waals surface area (Å²) in [6.07, 6.45) is 4.95. The quantitative estimate of drug-likeness (QED) is 0.291. The number of pyridine rings is 1. The summed E-state index contributed by atoms with van der Waals surface area (Å²) in [7, 11) is 0. The Bertz CT molecular complexity index is 1000. The molecule has 1 aromatic heterocycles. The molecule has 3 aromatic carbocycles. The Balaban J connectivity index is 1.96. The number of rotatable bonds is 5. The summed E-state index contributed by atoms with van der Waals surface area (Å²) in [6, 6.07) is 26.0. The highest BCUT2D eigenvalue weighted by molar-refractivity contribution is 6.09. The number of aryl methyl sites for hydroxylation is 1. The van der Waals surface area contributed by atoms with E-state index in [4.69, 9.17) is 4.98 Å². The molecular formula is C24H23N. The predicted molar refractivity (Wildman–Crippen MR) is 108 cm³/mol. The van der Waals surface area contributed by atoms with Gasteiger partial charge in [0.15, 0.2) is 0 Å². The highest BCUT2D eigenvalue weighted by atomic mass is 14.7. The van der Waals surface area contributed by atoms with E-state index in [0.29, 0.717) is 0 Å². The Morgan fingerprint density at radius 3 is 2.32 bits per heavy atom. The van der Waals surface area contributed by atoms with Crippen molar-refractivity contribution in [1.29, 1.82) is 0 Å². The lowest BCUT2D eigenvalue weighted by Gasteiger charge is -2.12. The Labute approximate surface area is 149 Å². The van der Waals surface area contributed by atoms with Crippen LogP contribution in [0.25, 0.3) is 32.9 Å². The molecule has 1 heteroatoms.